The number of piperidine rings is 1. The van der Waals surface area contributed by atoms with E-state index in [0.29, 0.717) is 25.4 Å². The zero-order chi connectivity index (χ0) is 21.4. The lowest BCUT2D eigenvalue weighted by molar-refractivity contribution is -0.169. The molecule has 1 aromatic carbocycles. The van der Waals surface area contributed by atoms with Crippen molar-refractivity contribution in [2.45, 2.75) is 45.9 Å². The van der Waals surface area contributed by atoms with Crippen LogP contribution in [0.5, 0.6) is 0 Å². The molecule has 4 rings (SSSR count). The van der Waals surface area contributed by atoms with Gasteiger partial charge < -0.3 is 19.3 Å². The topological polar surface area (TPSA) is 54.9 Å². The van der Waals surface area contributed by atoms with Crippen molar-refractivity contribution in [1.29, 1.82) is 0 Å². The molecule has 162 valence electrons. The molecule has 1 spiro atoms. The highest BCUT2D eigenvalue weighted by molar-refractivity contribution is 7.13. The van der Waals surface area contributed by atoms with Crippen molar-refractivity contribution in [3.63, 3.8) is 0 Å². The summed E-state index contributed by atoms with van der Waals surface area (Å²) in [5.41, 5.74) is 0.933. The van der Waals surface area contributed by atoms with Gasteiger partial charge in [0, 0.05) is 42.4 Å². The fourth-order valence-electron chi connectivity index (χ4n) is 3.81. The van der Waals surface area contributed by atoms with Gasteiger partial charge in [0.05, 0.1) is 25.5 Å². The number of ether oxygens (including phenoxy) is 2. The van der Waals surface area contributed by atoms with Crippen LogP contribution in [-0.4, -0.2) is 43.0 Å². The third kappa shape index (κ3) is 4.50. The van der Waals surface area contributed by atoms with Crippen molar-refractivity contribution in [2.24, 2.45) is 5.41 Å². The maximum absolute atomic E-state index is 13.4. The monoisotopic (exact) mass is 433 g/mol. The number of amides is 1. The summed E-state index contributed by atoms with van der Waals surface area (Å²) < 4.78 is 25.0. The van der Waals surface area contributed by atoms with Gasteiger partial charge in [-0.05, 0) is 24.3 Å². The molecule has 2 aromatic rings. The van der Waals surface area contributed by atoms with Gasteiger partial charge in [-0.3, -0.25) is 4.79 Å². The summed E-state index contributed by atoms with van der Waals surface area (Å²) in [7, 11) is 0. The molecule has 1 aromatic heterocycles. The number of hydrogen-bond donors (Lipinski definition) is 0. The second-order valence-corrected chi connectivity index (χ2v) is 9.67. The standard InChI is InChI=1S/C22H28FN3O3S/c1-21(2,3)19(27)26(18-6-4-16(23)5-7-18)14-17-15-30-20(24-17)25-10-8-22(9-11-25)28-12-13-29-22/h4-7,15H,8-14H2,1-3H3. The van der Waals surface area contributed by atoms with E-state index in [1.807, 2.05) is 26.2 Å². The van der Waals surface area contributed by atoms with Crippen molar-refractivity contribution >= 4 is 28.1 Å². The maximum atomic E-state index is 13.4. The Morgan fingerprint density at radius 2 is 1.83 bits per heavy atom. The molecule has 0 aliphatic carbocycles. The van der Waals surface area contributed by atoms with Crippen LogP contribution in [0, 0.1) is 11.2 Å². The molecule has 0 radical (unpaired) electrons. The molecule has 6 nitrogen and oxygen atoms in total. The molecular weight excluding hydrogens is 405 g/mol. The normalized spacial score (nSPS) is 18.7. The lowest BCUT2D eigenvalue weighted by atomic mass is 9.94. The second-order valence-electron chi connectivity index (χ2n) is 8.83. The Hall–Kier alpha value is -2.03. The van der Waals surface area contributed by atoms with Gasteiger partial charge >= 0.3 is 0 Å². The Bertz CT molecular complexity index is 878. The van der Waals surface area contributed by atoms with Crippen molar-refractivity contribution in [3.8, 4) is 0 Å². The first-order valence-electron chi connectivity index (χ1n) is 10.3. The van der Waals surface area contributed by atoms with Crippen molar-refractivity contribution in [3.05, 3.63) is 41.2 Å². The van der Waals surface area contributed by atoms with E-state index < -0.39 is 11.2 Å². The smallest absolute Gasteiger partial charge is 0.232 e. The average molecular weight is 434 g/mol. The number of anilines is 2. The minimum Gasteiger partial charge on any atom is -0.348 e. The van der Waals surface area contributed by atoms with Gasteiger partial charge in [0.2, 0.25) is 5.91 Å². The molecule has 2 aliphatic heterocycles. The number of hydrogen-bond acceptors (Lipinski definition) is 6. The van der Waals surface area contributed by atoms with Gasteiger partial charge in [-0.2, -0.15) is 0 Å². The Balaban J connectivity index is 1.48. The number of carbonyl (C=O) groups is 1. The lowest BCUT2D eigenvalue weighted by Crippen LogP contribution is -2.45. The molecule has 8 heteroatoms. The van der Waals surface area contributed by atoms with Gasteiger partial charge in [-0.15, -0.1) is 11.3 Å². The van der Waals surface area contributed by atoms with E-state index in [4.69, 9.17) is 14.5 Å². The van der Waals surface area contributed by atoms with E-state index in [0.717, 1.165) is 36.8 Å². The van der Waals surface area contributed by atoms with Crippen LogP contribution in [0.15, 0.2) is 29.6 Å². The van der Waals surface area contributed by atoms with E-state index >= 15 is 0 Å². The Morgan fingerprint density at radius 1 is 1.20 bits per heavy atom. The number of benzene rings is 1. The minimum atomic E-state index is -0.560. The predicted octanol–water partition coefficient (Wildman–Crippen LogP) is 4.20. The van der Waals surface area contributed by atoms with Crippen LogP contribution in [0.25, 0.3) is 0 Å². The second kappa shape index (κ2) is 8.24. The summed E-state index contributed by atoms with van der Waals surface area (Å²) in [6.45, 7) is 9.00. The van der Waals surface area contributed by atoms with Crippen LogP contribution in [0.2, 0.25) is 0 Å². The summed E-state index contributed by atoms with van der Waals surface area (Å²) in [5.74, 6) is -0.759. The molecule has 30 heavy (non-hydrogen) atoms. The molecule has 2 fully saturated rings. The first kappa shape index (κ1) is 21.2. The number of carbonyl (C=O) groups excluding carboxylic acids is 1. The molecule has 1 amide bonds. The van der Waals surface area contributed by atoms with Crippen molar-refractivity contribution < 1.29 is 18.7 Å². The van der Waals surface area contributed by atoms with Crippen LogP contribution < -0.4 is 9.80 Å². The van der Waals surface area contributed by atoms with Crippen LogP contribution in [-0.2, 0) is 20.8 Å². The van der Waals surface area contributed by atoms with Gasteiger partial charge in [0.25, 0.3) is 0 Å². The highest BCUT2D eigenvalue weighted by Crippen LogP contribution is 2.34. The Kier molecular flexibility index (Phi) is 5.83. The SMILES string of the molecule is CC(C)(C)C(=O)N(Cc1csc(N2CCC3(CC2)OCCO3)n1)c1ccc(F)cc1. The van der Waals surface area contributed by atoms with Crippen LogP contribution >= 0.6 is 11.3 Å². The third-order valence-corrected chi connectivity index (χ3v) is 6.44. The molecule has 0 atom stereocenters. The predicted molar refractivity (Wildman–Crippen MR) is 115 cm³/mol. The largest absolute Gasteiger partial charge is 0.348 e. The number of nitrogens with zero attached hydrogens (tertiary/aromatic N) is 3. The fraction of sp³-hybridized carbons (Fsp3) is 0.545. The summed E-state index contributed by atoms with van der Waals surface area (Å²) in [6, 6.07) is 6.03. The number of halogens is 1. The molecular formula is C22H28FN3O3S. The maximum Gasteiger partial charge on any atom is 0.232 e. The van der Waals surface area contributed by atoms with E-state index in [1.165, 1.54) is 12.1 Å². The first-order chi connectivity index (χ1) is 14.3. The number of thiazole rings is 1. The average Bonchev–Trinajstić information content (AvgIpc) is 3.37. The molecule has 0 unspecified atom stereocenters. The molecule has 3 heterocycles. The summed E-state index contributed by atoms with van der Waals surface area (Å²) in [6.07, 6.45) is 1.65. The first-order valence-corrected chi connectivity index (χ1v) is 11.2. The summed E-state index contributed by atoms with van der Waals surface area (Å²) >= 11 is 1.58. The highest BCUT2D eigenvalue weighted by atomic mass is 32.1. The van der Waals surface area contributed by atoms with Gasteiger partial charge in [-0.25, -0.2) is 9.37 Å². The molecule has 0 saturated carbocycles. The Labute approximate surface area is 180 Å². The zero-order valence-electron chi connectivity index (χ0n) is 17.7. The van der Waals surface area contributed by atoms with E-state index in [2.05, 4.69) is 4.90 Å². The van der Waals surface area contributed by atoms with E-state index in [9.17, 15) is 9.18 Å². The van der Waals surface area contributed by atoms with Gasteiger partial charge in [-0.1, -0.05) is 20.8 Å². The summed E-state index contributed by atoms with van der Waals surface area (Å²) in [5, 5.41) is 2.94. The quantitative estimate of drug-likeness (QED) is 0.723. The molecule has 2 saturated heterocycles. The fourth-order valence-corrected chi connectivity index (χ4v) is 4.68. The van der Waals surface area contributed by atoms with Crippen LogP contribution in [0.4, 0.5) is 15.2 Å². The minimum absolute atomic E-state index is 0.0286. The lowest BCUT2D eigenvalue weighted by Gasteiger charge is -2.37. The molecule has 0 N–H and O–H groups in total. The third-order valence-electron chi connectivity index (χ3n) is 5.49. The van der Waals surface area contributed by atoms with Crippen molar-refractivity contribution in [1.82, 2.24) is 4.98 Å². The molecule has 2 aliphatic rings. The Morgan fingerprint density at radius 3 is 2.43 bits per heavy atom. The van der Waals surface area contributed by atoms with Crippen LogP contribution in [0.3, 0.4) is 0 Å². The number of aromatic nitrogens is 1. The van der Waals surface area contributed by atoms with E-state index in [1.54, 1.807) is 28.4 Å². The van der Waals surface area contributed by atoms with E-state index in [-0.39, 0.29) is 11.7 Å². The highest BCUT2D eigenvalue weighted by Gasteiger charge is 2.40. The summed E-state index contributed by atoms with van der Waals surface area (Å²) in [4.78, 5) is 21.8. The van der Waals surface area contributed by atoms with Crippen molar-refractivity contribution in [2.75, 3.05) is 36.1 Å². The zero-order valence-corrected chi connectivity index (χ0v) is 18.5. The number of rotatable bonds is 4. The van der Waals surface area contributed by atoms with Gasteiger partial charge in [0.1, 0.15) is 5.82 Å². The molecule has 0 bridgehead atoms. The van der Waals surface area contributed by atoms with Gasteiger partial charge in [0.15, 0.2) is 10.9 Å². The van der Waals surface area contributed by atoms with Crippen LogP contribution in [0.1, 0.15) is 39.3 Å².